The lowest BCUT2D eigenvalue weighted by Crippen LogP contribution is -2.27. The molecule has 0 spiro atoms. The number of rotatable bonds is 5. The fraction of sp³-hybridized carbons (Fsp3) is 0.182. The van der Waals surface area contributed by atoms with Gasteiger partial charge in [0.05, 0.1) is 29.6 Å². The standard InChI is InChI=1S/C22H18FN5O2S/c1-12-10-26-21(31-12)15-8-19-16(7-18(15)25)22(30)28(20(27-19)4-5-29)11-13-2-3-14(9-24)17(23)6-13/h2-3,6-8,10,29H,4-5,11,25H2,1H3. The molecule has 2 heterocycles. The fourth-order valence-electron chi connectivity index (χ4n) is 3.38. The van der Waals surface area contributed by atoms with Crippen LogP contribution in [-0.4, -0.2) is 26.2 Å². The van der Waals surface area contributed by atoms with Gasteiger partial charge in [-0.05, 0) is 36.8 Å². The van der Waals surface area contributed by atoms with Gasteiger partial charge in [0.15, 0.2) is 0 Å². The van der Waals surface area contributed by atoms with Crippen LogP contribution in [0.2, 0.25) is 0 Å². The number of nitrogens with zero attached hydrogens (tertiary/aromatic N) is 4. The number of hydrogen-bond acceptors (Lipinski definition) is 7. The number of aliphatic hydroxyl groups excluding tert-OH is 1. The Bertz CT molecular complexity index is 1400. The van der Waals surface area contributed by atoms with E-state index < -0.39 is 5.82 Å². The number of benzene rings is 2. The highest BCUT2D eigenvalue weighted by atomic mass is 32.1. The molecule has 31 heavy (non-hydrogen) atoms. The minimum absolute atomic E-state index is 0.0487. The second kappa shape index (κ2) is 8.26. The number of aryl methyl sites for hydroxylation is 1. The Hall–Kier alpha value is -3.61. The van der Waals surface area contributed by atoms with Crippen LogP contribution >= 0.6 is 11.3 Å². The predicted molar refractivity (Wildman–Crippen MR) is 117 cm³/mol. The van der Waals surface area contributed by atoms with E-state index in [9.17, 15) is 14.3 Å². The maximum Gasteiger partial charge on any atom is 0.261 e. The van der Waals surface area contributed by atoms with Gasteiger partial charge in [0.1, 0.15) is 22.7 Å². The molecular formula is C22H18FN5O2S. The van der Waals surface area contributed by atoms with E-state index in [4.69, 9.17) is 11.0 Å². The first-order valence-corrected chi connectivity index (χ1v) is 10.3. The van der Waals surface area contributed by atoms with Crippen molar-refractivity contribution in [3.05, 3.63) is 74.5 Å². The third-order valence-electron chi connectivity index (χ3n) is 4.89. The molecule has 0 unspecified atom stereocenters. The monoisotopic (exact) mass is 435 g/mol. The first-order chi connectivity index (χ1) is 14.9. The van der Waals surface area contributed by atoms with Crippen LogP contribution < -0.4 is 11.3 Å². The van der Waals surface area contributed by atoms with E-state index in [2.05, 4.69) is 9.97 Å². The number of nitriles is 1. The van der Waals surface area contributed by atoms with Crippen molar-refractivity contribution in [2.24, 2.45) is 0 Å². The maximum atomic E-state index is 14.0. The number of nitrogen functional groups attached to an aromatic ring is 1. The molecule has 3 N–H and O–H groups in total. The Morgan fingerprint density at radius 2 is 2.13 bits per heavy atom. The van der Waals surface area contributed by atoms with Gasteiger partial charge in [0.2, 0.25) is 0 Å². The molecule has 0 atom stereocenters. The van der Waals surface area contributed by atoms with Crippen molar-refractivity contribution in [3.63, 3.8) is 0 Å². The zero-order chi connectivity index (χ0) is 22.1. The van der Waals surface area contributed by atoms with E-state index >= 15 is 0 Å². The van der Waals surface area contributed by atoms with Gasteiger partial charge in [-0.2, -0.15) is 5.26 Å². The summed E-state index contributed by atoms with van der Waals surface area (Å²) in [5.74, 6) is -0.283. The molecule has 0 aliphatic heterocycles. The molecule has 0 radical (unpaired) electrons. The van der Waals surface area contributed by atoms with Crippen LogP contribution in [0.1, 0.15) is 21.8 Å². The Kier molecular flexibility index (Phi) is 5.50. The average Bonchev–Trinajstić information content (AvgIpc) is 3.17. The van der Waals surface area contributed by atoms with E-state index in [1.165, 1.54) is 28.0 Å². The van der Waals surface area contributed by atoms with Crippen molar-refractivity contribution < 1.29 is 9.50 Å². The molecule has 0 saturated carbocycles. The van der Waals surface area contributed by atoms with Crippen molar-refractivity contribution in [2.45, 2.75) is 19.9 Å². The highest BCUT2D eigenvalue weighted by molar-refractivity contribution is 7.15. The van der Waals surface area contributed by atoms with E-state index in [0.29, 0.717) is 33.5 Å². The third-order valence-corrected chi connectivity index (χ3v) is 5.83. The molecular weight excluding hydrogens is 417 g/mol. The Morgan fingerprint density at radius 1 is 1.32 bits per heavy atom. The number of anilines is 1. The van der Waals surface area contributed by atoms with E-state index in [1.807, 2.05) is 6.92 Å². The summed E-state index contributed by atoms with van der Waals surface area (Å²) in [6.45, 7) is 1.79. The van der Waals surface area contributed by atoms with Gasteiger partial charge in [-0.15, -0.1) is 11.3 Å². The van der Waals surface area contributed by atoms with Crippen LogP contribution in [0.4, 0.5) is 10.1 Å². The van der Waals surface area contributed by atoms with Gasteiger partial charge in [-0.3, -0.25) is 9.36 Å². The topological polar surface area (TPSA) is 118 Å². The molecule has 0 saturated heterocycles. The highest BCUT2D eigenvalue weighted by Gasteiger charge is 2.16. The molecule has 7 nitrogen and oxygen atoms in total. The maximum absolute atomic E-state index is 14.0. The summed E-state index contributed by atoms with van der Waals surface area (Å²) in [5, 5.41) is 19.5. The van der Waals surface area contributed by atoms with Crippen molar-refractivity contribution in [2.75, 3.05) is 12.3 Å². The van der Waals surface area contributed by atoms with E-state index in [0.717, 1.165) is 9.88 Å². The summed E-state index contributed by atoms with van der Waals surface area (Å²) in [7, 11) is 0. The number of aromatic nitrogens is 3. The van der Waals surface area contributed by atoms with Crippen LogP contribution in [0.15, 0.2) is 41.3 Å². The summed E-state index contributed by atoms with van der Waals surface area (Å²) >= 11 is 1.49. The van der Waals surface area contributed by atoms with Crippen LogP contribution in [0.5, 0.6) is 0 Å². The molecule has 2 aromatic heterocycles. The minimum Gasteiger partial charge on any atom is -0.398 e. The second-order valence-electron chi connectivity index (χ2n) is 7.05. The zero-order valence-electron chi connectivity index (χ0n) is 16.6. The van der Waals surface area contributed by atoms with Gasteiger partial charge in [-0.1, -0.05) is 6.07 Å². The Morgan fingerprint density at radius 3 is 2.77 bits per heavy atom. The Labute approximate surface area is 180 Å². The van der Waals surface area contributed by atoms with Crippen LogP contribution in [-0.2, 0) is 13.0 Å². The molecule has 4 rings (SSSR count). The largest absolute Gasteiger partial charge is 0.398 e. The lowest BCUT2D eigenvalue weighted by Gasteiger charge is -2.14. The van der Waals surface area contributed by atoms with Crippen LogP contribution in [0, 0.1) is 24.1 Å². The first kappa shape index (κ1) is 20.7. The fourth-order valence-corrected chi connectivity index (χ4v) is 4.18. The summed E-state index contributed by atoms with van der Waals surface area (Å²) in [6, 6.07) is 9.26. The lowest BCUT2D eigenvalue weighted by molar-refractivity contribution is 0.294. The van der Waals surface area contributed by atoms with Crippen molar-refractivity contribution in [3.8, 4) is 16.6 Å². The van der Waals surface area contributed by atoms with Gasteiger partial charge in [-0.25, -0.2) is 14.4 Å². The van der Waals surface area contributed by atoms with E-state index in [1.54, 1.807) is 30.5 Å². The molecule has 9 heteroatoms. The van der Waals surface area contributed by atoms with Crippen LogP contribution in [0.25, 0.3) is 21.5 Å². The van der Waals surface area contributed by atoms with Crippen molar-refractivity contribution in [1.29, 1.82) is 5.26 Å². The number of nitrogens with two attached hydrogens (primary N) is 1. The van der Waals surface area contributed by atoms with Gasteiger partial charge >= 0.3 is 0 Å². The van der Waals surface area contributed by atoms with Gasteiger partial charge in [0.25, 0.3) is 5.56 Å². The summed E-state index contributed by atoms with van der Waals surface area (Å²) in [5.41, 5.74) is 7.87. The second-order valence-corrected chi connectivity index (χ2v) is 8.29. The smallest absolute Gasteiger partial charge is 0.261 e. The zero-order valence-corrected chi connectivity index (χ0v) is 17.4. The van der Waals surface area contributed by atoms with E-state index in [-0.39, 0.29) is 30.7 Å². The number of fused-ring (bicyclic) bond motifs is 1. The molecule has 156 valence electrons. The summed E-state index contributed by atoms with van der Waals surface area (Å²) in [6.07, 6.45) is 1.91. The number of thiazole rings is 1. The number of aliphatic hydroxyl groups is 1. The minimum atomic E-state index is -0.655. The first-order valence-electron chi connectivity index (χ1n) is 9.46. The quantitative estimate of drug-likeness (QED) is 0.465. The predicted octanol–water partition coefficient (Wildman–Crippen LogP) is 3.00. The lowest BCUT2D eigenvalue weighted by atomic mass is 10.1. The third kappa shape index (κ3) is 3.91. The molecule has 0 fully saturated rings. The molecule has 0 aliphatic rings. The number of halogens is 1. The highest BCUT2D eigenvalue weighted by Crippen LogP contribution is 2.32. The SMILES string of the molecule is Cc1cnc(-c2cc3nc(CCO)n(Cc4ccc(C#N)c(F)c4)c(=O)c3cc2N)s1. The number of hydrogen-bond donors (Lipinski definition) is 2. The molecule has 2 aromatic carbocycles. The normalized spacial score (nSPS) is 11.0. The molecule has 0 amide bonds. The molecule has 0 bridgehead atoms. The van der Waals surface area contributed by atoms with Gasteiger partial charge < -0.3 is 10.8 Å². The van der Waals surface area contributed by atoms with Crippen molar-refractivity contribution >= 4 is 27.9 Å². The Balaban J connectivity index is 1.86. The molecule has 4 aromatic rings. The van der Waals surface area contributed by atoms with Crippen molar-refractivity contribution in [1.82, 2.24) is 14.5 Å². The summed E-state index contributed by atoms with van der Waals surface area (Å²) < 4.78 is 15.4. The molecule has 0 aliphatic carbocycles. The average molecular weight is 435 g/mol. The van der Waals surface area contributed by atoms with Gasteiger partial charge in [0, 0.05) is 28.7 Å². The van der Waals surface area contributed by atoms with Crippen LogP contribution in [0.3, 0.4) is 0 Å². The summed E-state index contributed by atoms with van der Waals surface area (Å²) in [4.78, 5) is 23.3.